The molecule has 2 aliphatic carbocycles. The van der Waals surface area contributed by atoms with E-state index in [-0.39, 0.29) is 6.61 Å². The first kappa shape index (κ1) is 23.0. The lowest BCUT2D eigenvalue weighted by Gasteiger charge is -2.24. The van der Waals surface area contributed by atoms with Crippen LogP contribution in [-0.2, 0) is 22.5 Å². The molecular formula is C27H32N2O4. The SMILES string of the molecule is O=C(O)COc1cccc2c1CCC(C=CCON=C(CC1CCCC1)c1cccnc1)C2. The number of aliphatic carboxylic acids is 1. The maximum Gasteiger partial charge on any atom is 0.341 e. The van der Waals surface area contributed by atoms with Gasteiger partial charge in [0.15, 0.2) is 6.61 Å². The molecule has 6 nitrogen and oxygen atoms in total. The third-order valence-electron chi connectivity index (χ3n) is 6.53. The molecule has 2 aromatic rings. The van der Waals surface area contributed by atoms with Gasteiger partial charge in [-0.15, -0.1) is 0 Å². The molecule has 1 N–H and O–H groups in total. The second-order valence-electron chi connectivity index (χ2n) is 8.94. The van der Waals surface area contributed by atoms with E-state index in [4.69, 9.17) is 14.7 Å². The van der Waals surface area contributed by atoms with Crippen LogP contribution in [0.1, 0.15) is 55.2 Å². The number of ether oxygens (including phenoxy) is 1. The number of rotatable bonds is 10. The van der Waals surface area contributed by atoms with Gasteiger partial charge in [0.25, 0.3) is 0 Å². The number of nitrogens with zero attached hydrogens (tertiary/aromatic N) is 2. The first-order valence-corrected chi connectivity index (χ1v) is 11.9. The molecular weight excluding hydrogens is 416 g/mol. The van der Waals surface area contributed by atoms with Gasteiger partial charge in [0.05, 0.1) is 5.71 Å². The summed E-state index contributed by atoms with van der Waals surface area (Å²) < 4.78 is 5.46. The van der Waals surface area contributed by atoms with E-state index in [0.29, 0.717) is 24.2 Å². The van der Waals surface area contributed by atoms with Crippen LogP contribution in [0.3, 0.4) is 0 Å². The van der Waals surface area contributed by atoms with Crippen LogP contribution in [0.25, 0.3) is 0 Å². The van der Waals surface area contributed by atoms with Gasteiger partial charge in [-0.3, -0.25) is 4.98 Å². The first-order valence-electron chi connectivity index (χ1n) is 11.9. The van der Waals surface area contributed by atoms with Gasteiger partial charge in [-0.05, 0) is 72.9 Å². The number of hydrogen-bond donors (Lipinski definition) is 1. The number of carboxylic acids is 1. The predicted molar refractivity (Wildman–Crippen MR) is 128 cm³/mol. The lowest BCUT2D eigenvalue weighted by Crippen LogP contribution is -2.16. The fourth-order valence-corrected chi connectivity index (χ4v) is 4.87. The number of aromatic nitrogens is 1. The van der Waals surface area contributed by atoms with Crippen LogP contribution in [-0.4, -0.2) is 35.0 Å². The number of hydrogen-bond acceptors (Lipinski definition) is 5. The van der Waals surface area contributed by atoms with Crippen molar-refractivity contribution in [2.24, 2.45) is 17.0 Å². The zero-order valence-corrected chi connectivity index (χ0v) is 19.0. The predicted octanol–water partition coefficient (Wildman–Crippen LogP) is 5.21. The number of pyridine rings is 1. The summed E-state index contributed by atoms with van der Waals surface area (Å²) in [6, 6.07) is 9.89. The van der Waals surface area contributed by atoms with Gasteiger partial charge >= 0.3 is 5.97 Å². The van der Waals surface area contributed by atoms with E-state index >= 15 is 0 Å². The molecule has 1 atom stereocenters. The van der Waals surface area contributed by atoms with Gasteiger partial charge < -0.3 is 14.7 Å². The number of allylic oxidation sites excluding steroid dienone is 1. The standard InChI is InChI=1S/C27H32N2O4/c30-27(31)19-32-26-11-3-9-22-16-21(12-13-24(22)26)8-5-15-33-29-25(17-20-6-1-2-7-20)23-10-4-14-28-18-23/h3-5,8-11,14,18,20-21H,1-2,6-7,12-13,15-17,19H2,(H,30,31). The molecule has 1 heterocycles. The molecule has 1 saturated carbocycles. The Hall–Kier alpha value is -3.15. The lowest BCUT2D eigenvalue weighted by atomic mass is 9.83. The maximum absolute atomic E-state index is 10.8. The summed E-state index contributed by atoms with van der Waals surface area (Å²) in [6.07, 6.45) is 16.8. The summed E-state index contributed by atoms with van der Waals surface area (Å²) in [7, 11) is 0. The molecule has 1 fully saturated rings. The van der Waals surface area contributed by atoms with Crippen LogP contribution in [0.4, 0.5) is 0 Å². The topological polar surface area (TPSA) is 81.0 Å². The highest BCUT2D eigenvalue weighted by atomic mass is 16.6. The van der Waals surface area contributed by atoms with E-state index in [2.05, 4.69) is 28.4 Å². The molecule has 0 saturated heterocycles. The molecule has 0 spiro atoms. The van der Waals surface area contributed by atoms with Crippen molar-refractivity contribution >= 4 is 11.7 Å². The van der Waals surface area contributed by atoms with Crippen molar-refractivity contribution < 1.29 is 19.5 Å². The van der Waals surface area contributed by atoms with Crippen molar-refractivity contribution in [1.29, 1.82) is 0 Å². The fraction of sp³-hybridized carbons (Fsp3) is 0.444. The summed E-state index contributed by atoms with van der Waals surface area (Å²) in [5.74, 6) is 0.855. The summed E-state index contributed by atoms with van der Waals surface area (Å²) in [5.41, 5.74) is 4.40. The Kier molecular flexibility index (Phi) is 8.12. The fourth-order valence-electron chi connectivity index (χ4n) is 4.87. The van der Waals surface area contributed by atoms with E-state index < -0.39 is 5.97 Å². The average Bonchev–Trinajstić information content (AvgIpc) is 3.35. The van der Waals surface area contributed by atoms with E-state index in [0.717, 1.165) is 42.5 Å². The highest BCUT2D eigenvalue weighted by Crippen LogP contribution is 2.33. The third kappa shape index (κ3) is 6.67. The minimum absolute atomic E-state index is 0.306. The first-order chi connectivity index (χ1) is 16.2. The Labute approximate surface area is 195 Å². The van der Waals surface area contributed by atoms with Crippen molar-refractivity contribution in [3.05, 3.63) is 71.6 Å². The van der Waals surface area contributed by atoms with Crippen LogP contribution < -0.4 is 4.74 Å². The summed E-state index contributed by atoms with van der Waals surface area (Å²) in [6.45, 7) is 0.138. The molecule has 4 rings (SSSR count). The van der Waals surface area contributed by atoms with Gasteiger partial charge in [0.1, 0.15) is 12.4 Å². The molecule has 6 heteroatoms. The van der Waals surface area contributed by atoms with Gasteiger partial charge in [-0.2, -0.15) is 0 Å². The molecule has 1 unspecified atom stereocenters. The minimum atomic E-state index is -0.957. The number of fused-ring (bicyclic) bond motifs is 1. The molecule has 0 radical (unpaired) electrons. The smallest absolute Gasteiger partial charge is 0.341 e. The number of benzene rings is 1. The van der Waals surface area contributed by atoms with Crippen molar-refractivity contribution in [2.45, 2.75) is 51.4 Å². The Morgan fingerprint density at radius 3 is 2.85 bits per heavy atom. The van der Waals surface area contributed by atoms with Crippen molar-refractivity contribution in [3.8, 4) is 5.75 Å². The molecule has 0 amide bonds. The van der Waals surface area contributed by atoms with E-state index in [1.165, 1.54) is 31.2 Å². The largest absolute Gasteiger partial charge is 0.482 e. The van der Waals surface area contributed by atoms with Crippen molar-refractivity contribution in [3.63, 3.8) is 0 Å². The zero-order valence-electron chi connectivity index (χ0n) is 19.0. The Bertz CT molecular complexity index is 981. The Morgan fingerprint density at radius 2 is 2.06 bits per heavy atom. The maximum atomic E-state index is 10.8. The number of oxime groups is 1. The van der Waals surface area contributed by atoms with Gasteiger partial charge in [0, 0.05) is 18.0 Å². The van der Waals surface area contributed by atoms with Crippen LogP contribution in [0.15, 0.2) is 60.0 Å². The molecule has 2 aliphatic rings. The summed E-state index contributed by atoms with van der Waals surface area (Å²) >= 11 is 0. The monoisotopic (exact) mass is 448 g/mol. The molecule has 1 aromatic carbocycles. The molecule has 33 heavy (non-hydrogen) atoms. The third-order valence-corrected chi connectivity index (χ3v) is 6.53. The quantitative estimate of drug-likeness (QED) is 0.234. The van der Waals surface area contributed by atoms with Gasteiger partial charge in [0.2, 0.25) is 0 Å². The Balaban J connectivity index is 1.31. The van der Waals surface area contributed by atoms with Crippen LogP contribution in [0.2, 0.25) is 0 Å². The lowest BCUT2D eigenvalue weighted by molar-refractivity contribution is -0.139. The second-order valence-corrected chi connectivity index (χ2v) is 8.94. The second kappa shape index (κ2) is 11.6. The van der Waals surface area contributed by atoms with Crippen molar-refractivity contribution in [2.75, 3.05) is 13.2 Å². The number of carbonyl (C=O) groups is 1. The molecule has 0 aliphatic heterocycles. The highest BCUT2D eigenvalue weighted by Gasteiger charge is 2.21. The molecule has 0 bridgehead atoms. The minimum Gasteiger partial charge on any atom is -0.482 e. The van der Waals surface area contributed by atoms with Crippen LogP contribution in [0, 0.1) is 11.8 Å². The van der Waals surface area contributed by atoms with E-state index in [1.54, 1.807) is 6.20 Å². The van der Waals surface area contributed by atoms with Crippen LogP contribution >= 0.6 is 0 Å². The van der Waals surface area contributed by atoms with E-state index in [1.807, 2.05) is 30.5 Å². The molecule has 174 valence electrons. The van der Waals surface area contributed by atoms with Crippen molar-refractivity contribution in [1.82, 2.24) is 4.98 Å². The summed E-state index contributed by atoms with van der Waals surface area (Å²) in [4.78, 5) is 20.7. The van der Waals surface area contributed by atoms with Crippen LogP contribution in [0.5, 0.6) is 5.75 Å². The highest BCUT2D eigenvalue weighted by molar-refractivity contribution is 6.00. The number of carboxylic acid groups (broad SMARTS) is 1. The normalized spacial score (nSPS) is 18.9. The molecule has 1 aromatic heterocycles. The average molecular weight is 449 g/mol. The summed E-state index contributed by atoms with van der Waals surface area (Å²) in [5, 5.41) is 13.4. The Morgan fingerprint density at radius 1 is 1.18 bits per heavy atom. The van der Waals surface area contributed by atoms with E-state index in [9.17, 15) is 4.79 Å². The zero-order chi connectivity index (χ0) is 22.9. The van der Waals surface area contributed by atoms with Gasteiger partial charge in [-0.1, -0.05) is 49.0 Å². The van der Waals surface area contributed by atoms with Gasteiger partial charge in [-0.25, -0.2) is 4.79 Å².